The maximum absolute atomic E-state index is 14.3. The van der Waals surface area contributed by atoms with E-state index >= 15 is 0 Å². The van der Waals surface area contributed by atoms with E-state index in [0.717, 1.165) is 51.3 Å². The van der Waals surface area contributed by atoms with Gasteiger partial charge in [0.15, 0.2) is 11.5 Å². The van der Waals surface area contributed by atoms with Crippen LogP contribution >= 0.6 is 0 Å². The highest BCUT2D eigenvalue weighted by atomic mass is 19.4. The number of carbonyl (C=O) groups excluding carboxylic acids is 1. The van der Waals surface area contributed by atoms with Crippen LogP contribution in [0.3, 0.4) is 0 Å². The number of rotatable bonds is 8. The van der Waals surface area contributed by atoms with Crippen LogP contribution in [0.1, 0.15) is 28.7 Å². The maximum Gasteiger partial charge on any atom is 0.420 e. The van der Waals surface area contributed by atoms with E-state index in [9.17, 15) is 22.4 Å². The number of alkyl halides is 3. The molecular formula is C32H30F4N4O3. The van der Waals surface area contributed by atoms with Crippen LogP contribution in [-0.4, -0.2) is 69.1 Å². The fourth-order valence-electron chi connectivity index (χ4n) is 5.27. The summed E-state index contributed by atoms with van der Waals surface area (Å²) in [5.41, 5.74) is 0.663. The van der Waals surface area contributed by atoms with E-state index < -0.39 is 23.3 Å². The molecule has 0 spiro atoms. The summed E-state index contributed by atoms with van der Waals surface area (Å²) < 4.78 is 66.2. The molecule has 0 unspecified atom stereocenters. The number of benzene rings is 3. The minimum Gasteiger partial charge on any atom is -0.493 e. The van der Waals surface area contributed by atoms with Gasteiger partial charge in [0.25, 0.3) is 5.91 Å². The summed E-state index contributed by atoms with van der Waals surface area (Å²) >= 11 is 0. The number of piperazine rings is 1. The lowest BCUT2D eigenvalue weighted by Crippen LogP contribution is -2.45. The fraction of sp³-hybridized carbons (Fsp3) is 0.312. The molecule has 2 aliphatic rings. The standard InChI is InChI=1S/C32H30F4N4O3/c1-38-12-14-39(15-13-38)10-3-11-40-27-7-6-23(33)19-24(27)25(31(40)41)16-21-4-9-29(30(18-21)42-2)43-28-8-5-22(20-37)17-26(28)32(34,35)36/h4-9,16-19H,3,10-15H2,1-2H3. The van der Waals surface area contributed by atoms with Crippen LogP contribution in [0.15, 0.2) is 54.6 Å². The van der Waals surface area contributed by atoms with Crippen molar-refractivity contribution >= 4 is 23.2 Å². The normalized spacial score (nSPS) is 16.8. The highest BCUT2D eigenvalue weighted by molar-refractivity contribution is 6.35. The second kappa shape index (κ2) is 12.5. The quantitative estimate of drug-likeness (QED) is 0.234. The predicted octanol–water partition coefficient (Wildman–Crippen LogP) is 6.04. The minimum absolute atomic E-state index is 0.00887. The van der Waals surface area contributed by atoms with Crippen LogP contribution in [0.25, 0.3) is 11.6 Å². The van der Waals surface area contributed by atoms with Crippen LogP contribution in [0.4, 0.5) is 23.2 Å². The van der Waals surface area contributed by atoms with Crippen LogP contribution in [0.2, 0.25) is 0 Å². The van der Waals surface area contributed by atoms with Gasteiger partial charge in [-0.25, -0.2) is 4.39 Å². The molecule has 3 aromatic rings. The van der Waals surface area contributed by atoms with Crippen molar-refractivity contribution in [1.29, 1.82) is 5.26 Å². The lowest BCUT2D eigenvalue weighted by atomic mass is 10.0. The highest BCUT2D eigenvalue weighted by Crippen LogP contribution is 2.42. The van der Waals surface area contributed by atoms with E-state index in [-0.39, 0.29) is 23.0 Å². The Morgan fingerprint density at radius 2 is 1.70 bits per heavy atom. The molecule has 0 radical (unpaired) electrons. The van der Waals surface area contributed by atoms with Gasteiger partial charge in [0.05, 0.1) is 30.0 Å². The number of amides is 1. The van der Waals surface area contributed by atoms with Crippen LogP contribution in [0.5, 0.6) is 17.2 Å². The highest BCUT2D eigenvalue weighted by Gasteiger charge is 2.35. The average molecular weight is 595 g/mol. The van der Waals surface area contributed by atoms with Gasteiger partial charge in [0, 0.05) is 43.9 Å². The average Bonchev–Trinajstić information content (AvgIpc) is 3.23. The molecule has 0 saturated carbocycles. The first-order chi connectivity index (χ1) is 20.6. The first-order valence-corrected chi connectivity index (χ1v) is 13.8. The summed E-state index contributed by atoms with van der Waals surface area (Å²) in [5.74, 6) is -1.08. The first-order valence-electron chi connectivity index (χ1n) is 13.8. The number of nitriles is 1. The van der Waals surface area contributed by atoms with Gasteiger partial charge in [-0.3, -0.25) is 4.79 Å². The van der Waals surface area contributed by atoms with Crippen molar-refractivity contribution in [3.05, 3.63) is 82.7 Å². The van der Waals surface area contributed by atoms with Crippen molar-refractivity contribution in [2.45, 2.75) is 12.6 Å². The Kier molecular flexibility index (Phi) is 8.71. The van der Waals surface area contributed by atoms with Crippen molar-refractivity contribution in [2.24, 2.45) is 0 Å². The van der Waals surface area contributed by atoms with Crippen molar-refractivity contribution < 1.29 is 31.8 Å². The molecule has 11 heteroatoms. The van der Waals surface area contributed by atoms with Gasteiger partial charge in [-0.1, -0.05) is 6.07 Å². The molecule has 224 valence electrons. The van der Waals surface area contributed by atoms with E-state index in [0.29, 0.717) is 28.9 Å². The number of carbonyl (C=O) groups is 1. The number of anilines is 1. The monoisotopic (exact) mass is 594 g/mol. The molecule has 0 N–H and O–H groups in total. The Morgan fingerprint density at radius 3 is 2.40 bits per heavy atom. The third kappa shape index (κ3) is 6.66. The van der Waals surface area contributed by atoms with Crippen molar-refractivity contribution in [2.75, 3.05) is 58.3 Å². The van der Waals surface area contributed by atoms with E-state index in [1.54, 1.807) is 29.2 Å². The zero-order valence-corrected chi connectivity index (χ0v) is 23.7. The third-order valence-electron chi connectivity index (χ3n) is 7.60. The number of ether oxygens (including phenoxy) is 2. The molecule has 0 aliphatic carbocycles. The predicted molar refractivity (Wildman–Crippen MR) is 154 cm³/mol. The molecule has 2 heterocycles. The molecule has 0 bridgehead atoms. The number of hydrogen-bond acceptors (Lipinski definition) is 6. The number of likely N-dealkylation sites (N-methyl/N-ethyl adjacent to an activating group) is 1. The molecule has 0 aromatic heterocycles. The number of halogens is 4. The summed E-state index contributed by atoms with van der Waals surface area (Å²) in [5, 5.41) is 9.02. The lowest BCUT2D eigenvalue weighted by molar-refractivity contribution is -0.138. The summed E-state index contributed by atoms with van der Waals surface area (Å²) in [6.07, 6.45) is -2.38. The molecule has 3 aromatic carbocycles. The molecule has 1 amide bonds. The Bertz CT molecular complexity index is 1590. The Hall–Kier alpha value is -4.40. The Morgan fingerprint density at radius 1 is 0.953 bits per heavy atom. The number of methoxy groups -OCH3 is 1. The van der Waals surface area contributed by atoms with E-state index in [2.05, 4.69) is 16.8 Å². The molecular weight excluding hydrogens is 564 g/mol. The first kappa shape index (κ1) is 30.1. The molecule has 0 atom stereocenters. The number of hydrogen-bond donors (Lipinski definition) is 0. The number of nitrogens with zero attached hydrogens (tertiary/aromatic N) is 4. The van der Waals surface area contributed by atoms with Gasteiger partial charge in [0.1, 0.15) is 11.6 Å². The zero-order valence-electron chi connectivity index (χ0n) is 23.7. The van der Waals surface area contributed by atoms with Gasteiger partial charge in [-0.2, -0.15) is 18.4 Å². The lowest BCUT2D eigenvalue weighted by Gasteiger charge is -2.32. The summed E-state index contributed by atoms with van der Waals surface area (Å²) in [6, 6.07) is 13.5. The van der Waals surface area contributed by atoms with Crippen molar-refractivity contribution in [1.82, 2.24) is 9.80 Å². The molecule has 2 aliphatic heterocycles. The van der Waals surface area contributed by atoms with E-state index in [1.807, 2.05) is 0 Å². The van der Waals surface area contributed by atoms with Gasteiger partial charge in [0.2, 0.25) is 0 Å². The van der Waals surface area contributed by atoms with Crippen LogP contribution < -0.4 is 14.4 Å². The van der Waals surface area contributed by atoms with Crippen LogP contribution in [-0.2, 0) is 11.0 Å². The summed E-state index contributed by atoms with van der Waals surface area (Å²) in [6.45, 7) is 5.28. The molecule has 43 heavy (non-hydrogen) atoms. The van der Waals surface area contributed by atoms with Crippen molar-refractivity contribution in [3.63, 3.8) is 0 Å². The van der Waals surface area contributed by atoms with E-state index in [1.165, 1.54) is 37.4 Å². The largest absolute Gasteiger partial charge is 0.493 e. The summed E-state index contributed by atoms with van der Waals surface area (Å²) in [4.78, 5) is 19.9. The van der Waals surface area contributed by atoms with Crippen LogP contribution in [0, 0.1) is 17.1 Å². The molecule has 7 nitrogen and oxygen atoms in total. The van der Waals surface area contributed by atoms with Gasteiger partial charge < -0.3 is 24.2 Å². The van der Waals surface area contributed by atoms with Gasteiger partial charge in [-0.15, -0.1) is 0 Å². The molecule has 1 fully saturated rings. The minimum atomic E-state index is -4.75. The smallest absolute Gasteiger partial charge is 0.420 e. The third-order valence-corrected chi connectivity index (χ3v) is 7.60. The zero-order chi connectivity index (χ0) is 30.7. The van der Waals surface area contributed by atoms with E-state index in [4.69, 9.17) is 14.7 Å². The Balaban J connectivity index is 1.39. The second-order valence-electron chi connectivity index (χ2n) is 10.5. The maximum atomic E-state index is 14.3. The number of fused-ring (bicyclic) bond motifs is 1. The fourth-order valence-corrected chi connectivity index (χ4v) is 5.27. The van der Waals surface area contributed by atoms with Gasteiger partial charge in [-0.05, 0) is 80.2 Å². The molecule has 5 rings (SSSR count). The molecule has 1 saturated heterocycles. The topological polar surface area (TPSA) is 69.0 Å². The van der Waals surface area contributed by atoms with Crippen molar-refractivity contribution in [3.8, 4) is 23.3 Å². The SMILES string of the molecule is COc1cc(C=C2C(=O)N(CCCN3CCN(C)CC3)c3ccc(F)cc32)ccc1Oc1ccc(C#N)cc1C(F)(F)F. The van der Waals surface area contributed by atoms with Gasteiger partial charge >= 0.3 is 6.18 Å². The second-order valence-corrected chi connectivity index (χ2v) is 10.5. The Labute approximate surface area is 247 Å². The summed E-state index contributed by atoms with van der Waals surface area (Å²) in [7, 11) is 3.44.